The zero-order valence-electron chi connectivity index (χ0n) is 15.3. The normalized spacial score (nSPS) is 13.0. The summed E-state index contributed by atoms with van der Waals surface area (Å²) >= 11 is 12.0. The number of anilines is 1. The second-order valence-corrected chi connectivity index (χ2v) is 6.94. The van der Waals surface area contributed by atoms with E-state index in [1.165, 1.54) is 12.0 Å². The van der Waals surface area contributed by atoms with Crippen LogP contribution in [0.2, 0.25) is 10.0 Å². The van der Waals surface area contributed by atoms with E-state index in [4.69, 9.17) is 32.7 Å². The summed E-state index contributed by atoms with van der Waals surface area (Å²) in [4.78, 5) is 26.4. The Kier molecular flexibility index (Phi) is 6.11. The third kappa shape index (κ3) is 4.40. The van der Waals surface area contributed by atoms with Crippen molar-refractivity contribution in [2.75, 3.05) is 26.1 Å². The summed E-state index contributed by atoms with van der Waals surface area (Å²) in [6, 6.07) is 8.34. The molecule has 0 fully saturated rings. The fraction of sp³-hybridized carbons (Fsp3) is 0.200. The number of carbonyl (C=O) groups is 2. The molecule has 0 saturated heterocycles. The Morgan fingerprint density at radius 2 is 1.86 bits per heavy atom. The minimum Gasteiger partial charge on any atom is -0.493 e. The molecule has 0 atom stereocenters. The number of halogens is 2. The van der Waals surface area contributed by atoms with E-state index >= 15 is 0 Å². The number of hydrogen-bond donors (Lipinski definition) is 1. The highest BCUT2D eigenvalue weighted by Gasteiger charge is 2.21. The minimum absolute atomic E-state index is 0.133. The maximum Gasteiger partial charge on any atom is 0.244 e. The maximum absolute atomic E-state index is 12.6. The van der Waals surface area contributed by atoms with Gasteiger partial charge in [0.15, 0.2) is 11.5 Å². The number of ether oxygens (including phenoxy) is 2. The summed E-state index contributed by atoms with van der Waals surface area (Å²) < 4.78 is 10.6. The lowest BCUT2D eigenvalue weighted by Gasteiger charge is -2.17. The van der Waals surface area contributed by atoms with Crippen molar-refractivity contribution < 1.29 is 19.1 Å². The van der Waals surface area contributed by atoms with Gasteiger partial charge in [0, 0.05) is 11.2 Å². The molecule has 2 aromatic rings. The lowest BCUT2D eigenvalue weighted by Crippen LogP contribution is -2.34. The number of nitrogens with one attached hydrogen (secondary N) is 1. The lowest BCUT2D eigenvalue weighted by molar-refractivity contribution is -0.131. The van der Waals surface area contributed by atoms with E-state index in [9.17, 15) is 9.59 Å². The standard InChI is InChI=1S/C20H18Cl2N2O4/c1-27-17-7-12-5-6-24(20(26)9-13(12)8-18(17)28-2)11-19(25)23-16-10-14(21)3-4-15(16)22/h3-8,10H,9,11H2,1-2H3,(H,23,25). The number of amides is 2. The largest absolute Gasteiger partial charge is 0.493 e. The lowest BCUT2D eigenvalue weighted by atomic mass is 10.0. The number of fused-ring (bicyclic) bond motifs is 1. The fourth-order valence-corrected chi connectivity index (χ4v) is 3.18. The fourth-order valence-electron chi connectivity index (χ4n) is 2.84. The van der Waals surface area contributed by atoms with E-state index in [0.29, 0.717) is 27.2 Å². The maximum atomic E-state index is 12.6. The summed E-state index contributed by atoms with van der Waals surface area (Å²) in [5.74, 6) is 0.516. The van der Waals surface area contributed by atoms with Gasteiger partial charge < -0.3 is 19.7 Å². The van der Waals surface area contributed by atoms with Gasteiger partial charge in [-0.2, -0.15) is 0 Å². The number of hydrogen-bond acceptors (Lipinski definition) is 4. The molecule has 0 spiro atoms. The average Bonchev–Trinajstić information content (AvgIpc) is 2.82. The molecule has 1 N–H and O–H groups in total. The minimum atomic E-state index is -0.386. The smallest absolute Gasteiger partial charge is 0.244 e. The Bertz CT molecular complexity index is 959. The second kappa shape index (κ2) is 8.54. The molecule has 1 aliphatic rings. The van der Waals surface area contributed by atoms with Crippen molar-refractivity contribution in [3.8, 4) is 11.5 Å². The first-order valence-electron chi connectivity index (χ1n) is 8.38. The topological polar surface area (TPSA) is 67.9 Å². The van der Waals surface area contributed by atoms with Crippen LogP contribution in [-0.4, -0.2) is 37.5 Å². The van der Waals surface area contributed by atoms with E-state index in [0.717, 1.165) is 11.1 Å². The van der Waals surface area contributed by atoms with Crippen molar-refractivity contribution in [2.24, 2.45) is 0 Å². The van der Waals surface area contributed by atoms with Crippen LogP contribution in [-0.2, 0) is 16.0 Å². The molecule has 0 saturated carbocycles. The van der Waals surface area contributed by atoms with Gasteiger partial charge in [0.1, 0.15) is 6.54 Å². The molecule has 1 aliphatic heterocycles. The highest BCUT2D eigenvalue weighted by atomic mass is 35.5. The van der Waals surface area contributed by atoms with E-state index in [1.807, 2.05) is 0 Å². The highest BCUT2D eigenvalue weighted by Crippen LogP contribution is 2.32. The van der Waals surface area contributed by atoms with Crippen LogP contribution in [0.1, 0.15) is 11.1 Å². The van der Waals surface area contributed by atoms with E-state index in [-0.39, 0.29) is 24.8 Å². The highest BCUT2D eigenvalue weighted by molar-refractivity contribution is 6.35. The predicted molar refractivity (Wildman–Crippen MR) is 109 cm³/mol. The van der Waals surface area contributed by atoms with Crippen LogP contribution in [0.15, 0.2) is 36.5 Å². The molecule has 8 heteroatoms. The van der Waals surface area contributed by atoms with E-state index in [2.05, 4.69) is 5.32 Å². The van der Waals surface area contributed by atoms with Crippen LogP contribution in [0, 0.1) is 0 Å². The Hall–Kier alpha value is -2.70. The van der Waals surface area contributed by atoms with Crippen LogP contribution in [0.5, 0.6) is 11.5 Å². The van der Waals surface area contributed by atoms with Crippen LogP contribution in [0.4, 0.5) is 5.69 Å². The molecular formula is C20H18Cl2N2O4. The monoisotopic (exact) mass is 420 g/mol. The first-order valence-corrected chi connectivity index (χ1v) is 9.14. The number of carbonyl (C=O) groups excluding carboxylic acids is 2. The van der Waals surface area contributed by atoms with Crippen molar-refractivity contribution >= 4 is 46.8 Å². The molecule has 0 radical (unpaired) electrons. The van der Waals surface area contributed by atoms with Crippen molar-refractivity contribution in [3.05, 3.63) is 57.7 Å². The first kappa shape index (κ1) is 20.0. The zero-order valence-corrected chi connectivity index (χ0v) is 16.8. The summed E-state index contributed by atoms with van der Waals surface area (Å²) in [6.45, 7) is -0.152. The summed E-state index contributed by atoms with van der Waals surface area (Å²) in [7, 11) is 3.09. The average molecular weight is 421 g/mol. The summed E-state index contributed by atoms with van der Waals surface area (Å²) in [6.07, 6.45) is 3.48. The van der Waals surface area contributed by atoms with Crippen molar-refractivity contribution in [2.45, 2.75) is 6.42 Å². The Morgan fingerprint density at radius 1 is 1.14 bits per heavy atom. The van der Waals surface area contributed by atoms with Gasteiger partial charge in [-0.05, 0) is 47.5 Å². The Balaban J connectivity index is 1.76. The first-order chi connectivity index (χ1) is 13.4. The van der Waals surface area contributed by atoms with Crippen molar-refractivity contribution in [1.82, 2.24) is 4.90 Å². The van der Waals surface area contributed by atoms with Crippen LogP contribution >= 0.6 is 23.2 Å². The molecule has 0 aromatic heterocycles. The molecule has 2 amide bonds. The van der Waals surface area contributed by atoms with E-state index in [1.54, 1.807) is 49.7 Å². The van der Waals surface area contributed by atoms with Crippen molar-refractivity contribution in [1.29, 1.82) is 0 Å². The van der Waals surface area contributed by atoms with Crippen LogP contribution in [0.3, 0.4) is 0 Å². The molecular weight excluding hydrogens is 403 g/mol. The van der Waals surface area contributed by atoms with Gasteiger partial charge in [-0.3, -0.25) is 9.59 Å². The predicted octanol–water partition coefficient (Wildman–Crippen LogP) is 4.00. The molecule has 6 nitrogen and oxygen atoms in total. The molecule has 0 aliphatic carbocycles. The van der Waals surface area contributed by atoms with E-state index < -0.39 is 0 Å². The molecule has 0 unspecified atom stereocenters. The van der Waals surface area contributed by atoms with Gasteiger partial charge >= 0.3 is 0 Å². The van der Waals surface area contributed by atoms with Gasteiger partial charge in [-0.15, -0.1) is 0 Å². The molecule has 3 rings (SSSR count). The summed E-state index contributed by atoms with van der Waals surface area (Å²) in [5, 5.41) is 3.48. The van der Waals surface area contributed by atoms with Gasteiger partial charge in [0.05, 0.1) is 31.4 Å². The third-order valence-electron chi connectivity index (χ3n) is 4.26. The number of rotatable bonds is 5. The molecule has 1 heterocycles. The zero-order chi connectivity index (χ0) is 20.3. The van der Waals surface area contributed by atoms with Crippen molar-refractivity contribution in [3.63, 3.8) is 0 Å². The van der Waals surface area contributed by atoms with Gasteiger partial charge in [-0.25, -0.2) is 0 Å². The molecule has 2 aromatic carbocycles. The number of nitrogens with zero attached hydrogens (tertiary/aromatic N) is 1. The number of methoxy groups -OCH3 is 2. The van der Waals surface area contributed by atoms with Gasteiger partial charge in [-0.1, -0.05) is 23.2 Å². The van der Waals surface area contributed by atoms with Crippen LogP contribution < -0.4 is 14.8 Å². The van der Waals surface area contributed by atoms with Gasteiger partial charge in [0.25, 0.3) is 0 Å². The second-order valence-electron chi connectivity index (χ2n) is 6.09. The summed E-state index contributed by atoms with van der Waals surface area (Å²) in [5.41, 5.74) is 2.01. The number of benzene rings is 2. The molecule has 0 bridgehead atoms. The quantitative estimate of drug-likeness (QED) is 0.793. The Morgan fingerprint density at radius 3 is 2.57 bits per heavy atom. The molecule has 28 heavy (non-hydrogen) atoms. The molecule has 146 valence electrons. The SMILES string of the molecule is COc1cc2c(cc1OC)CC(=O)N(CC(=O)Nc1cc(Cl)ccc1Cl)C=C2. The third-order valence-corrected chi connectivity index (χ3v) is 4.82. The Labute approximate surface area is 172 Å². The van der Waals surface area contributed by atoms with Gasteiger partial charge in [0.2, 0.25) is 11.8 Å². The van der Waals surface area contributed by atoms with Crippen LogP contribution in [0.25, 0.3) is 6.08 Å².